The van der Waals surface area contributed by atoms with E-state index in [2.05, 4.69) is 19.1 Å². The predicted molar refractivity (Wildman–Crippen MR) is 118 cm³/mol. The van der Waals surface area contributed by atoms with Gasteiger partial charge in [-0.05, 0) is 44.9 Å². The Morgan fingerprint density at radius 3 is 2.11 bits per heavy atom. The number of hydrogen-bond acceptors (Lipinski definition) is 3. The van der Waals surface area contributed by atoms with Crippen molar-refractivity contribution in [2.24, 2.45) is 0 Å². The Labute approximate surface area is 171 Å². The van der Waals surface area contributed by atoms with Crippen molar-refractivity contribution in [2.45, 2.75) is 121 Å². The van der Waals surface area contributed by atoms with Crippen LogP contribution in [0.4, 0.5) is 0 Å². The zero-order valence-corrected chi connectivity index (χ0v) is 20.1. The fourth-order valence-electron chi connectivity index (χ4n) is 3.62. The van der Waals surface area contributed by atoms with Crippen LogP contribution in [0.5, 0.6) is 0 Å². The van der Waals surface area contributed by atoms with Crippen LogP contribution in [-0.2, 0) is 14.3 Å². The second kappa shape index (κ2) is 16.4. The monoisotopic (exact) mass is 396 g/mol. The molecule has 1 fully saturated rings. The summed E-state index contributed by atoms with van der Waals surface area (Å²) in [5.41, 5.74) is -0.531. The summed E-state index contributed by atoms with van der Waals surface area (Å²) < 4.78 is 11.3. The van der Waals surface area contributed by atoms with Crippen molar-refractivity contribution in [3.8, 4) is 0 Å². The lowest BCUT2D eigenvalue weighted by Gasteiger charge is -2.33. The lowest BCUT2D eigenvalue weighted by atomic mass is 10.1. The second-order valence-electron chi connectivity index (χ2n) is 8.25. The third kappa shape index (κ3) is 14.1. The van der Waals surface area contributed by atoms with Crippen LogP contribution in [-0.4, -0.2) is 28.2 Å². The molecule has 0 radical (unpaired) electrons. The fourth-order valence-corrected chi connectivity index (χ4v) is 4.41. The normalized spacial score (nSPS) is 20.3. The van der Waals surface area contributed by atoms with Gasteiger partial charge in [0.2, 0.25) is 0 Å². The molecule has 0 aromatic heterocycles. The first-order chi connectivity index (χ1) is 13.2. The Morgan fingerprint density at radius 1 is 0.926 bits per heavy atom. The molecule has 0 aromatic carbocycles. The minimum atomic E-state index is -0.531. The number of allylic oxidation sites excluding steroid dienone is 2. The van der Waals surface area contributed by atoms with Crippen molar-refractivity contribution in [1.82, 2.24) is 0 Å². The molecule has 1 rings (SSSR count). The summed E-state index contributed by atoms with van der Waals surface area (Å²) in [6, 6.07) is 0. The lowest BCUT2D eigenvalue weighted by molar-refractivity contribution is -0.206. The molecule has 27 heavy (non-hydrogen) atoms. The third-order valence-electron chi connectivity index (χ3n) is 5.41. The summed E-state index contributed by atoms with van der Waals surface area (Å²) in [5.74, 6) is -0.0653. The molecule has 1 saturated heterocycles. The molecule has 0 N–H and O–H groups in total. The maximum atomic E-state index is 12.0. The first-order valence-electron chi connectivity index (χ1n) is 11.7. The lowest BCUT2D eigenvalue weighted by Crippen LogP contribution is -2.41. The molecule has 0 amide bonds. The van der Waals surface area contributed by atoms with Crippen LogP contribution in [0.3, 0.4) is 0 Å². The molecule has 0 spiro atoms. The highest BCUT2D eigenvalue weighted by atomic mass is 28.1. The Kier molecular flexibility index (Phi) is 14.8. The number of esters is 1. The molecule has 4 heteroatoms. The van der Waals surface area contributed by atoms with Crippen LogP contribution in [0, 0.1) is 0 Å². The standard InChI is InChI=1S/C23H44O3Si/c1-2-3-4-5-6-7-8-9-10-11-12-13-14-15-16-19-22(24)26-23(27)20-17-18-21-25-23/h9-10H,2-8,11-21H2,1,27H3/b10-9-. The van der Waals surface area contributed by atoms with E-state index in [1.165, 1.54) is 70.6 Å². The number of carbonyl (C=O) groups excluding carboxylic acids is 1. The Balaban J connectivity index is 1.84. The predicted octanol–water partition coefficient (Wildman–Crippen LogP) is 5.79. The quantitative estimate of drug-likeness (QED) is 0.143. The van der Waals surface area contributed by atoms with Crippen molar-refractivity contribution in [3.63, 3.8) is 0 Å². The number of unbranched alkanes of at least 4 members (excludes halogenated alkanes) is 11. The van der Waals surface area contributed by atoms with Gasteiger partial charge in [0.1, 0.15) is 0 Å². The van der Waals surface area contributed by atoms with Crippen LogP contribution in [0.2, 0.25) is 0 Å². The maximum absolute atomic E-state index is 12.0. The van der Waals surface area contributed by atoms with E-state index in [9.17, 15) is 4.79 Å². The van der Waals surface area contributed by atoms with Crippen molar-refractivity contribution < 1.29 is 14.3 Å². The smallest absolute Gasteiger partial charge is 0.307 e. The maximum Gasteiger partial charge on any atom is 0.307 e. The van der Waals surface area contributed by atoms with Crippen molar-refractivity contribution in [1.29, 1.82) is 0 Å². The van der Waals surface area contributed by atoms with Gasteiger partial charge in [-0.25, -0.2) is 0 Å². The topological polar surface area (TPSA) is 35.5 Å². The van der Waals surface area contributed by atoms with Crippen LogP contribution in [0.25, 0.3) is 0 Å². The first kappa shape index (κ1) is 24.4. The zero-order valence-electron chi connectivity index (χ0n) is 18.1. The van der Waals surface area contributed by atoms with E-state index in [0.717, 1.165) is 49.0 Å². The van der Waals surface area contributed by atoms with E-state index in [1.807, 2.05) is 0 Å². The van der Waals surface area contributed by atoms with Gasteiger partial charge < -0.3 is 9.47 Å². The first-order valence-corrected chi connectivity index (χ1v) is 12.7. The molecule has 1 atom stereocenters. The van der Waals surface area contributed by atoms with Gasteiger partial charge in [-0.1, -0.05) is 70.4 Å². The highest BCUT2D eigenvalue weighted by molar-refractivity contribution is 6.14. The van der Waals surface area contributed by atoms with Gasteiger partial charge in [0.25, 0.3) is 0 Å². The van der Waals surface area contributed by atoms with E-state index in [0.29, 0.717) is 6.42 Å². The summed E-state index contributed by atoms with van der Waals surface area (Å²) in [4.78, 5) is 12.0. The zero-order chi connectivity index (χ0) is 19.6. The highest BCUT2D eigenvalue weighted by Crippen LogP contribution is 2.23. The van der Waals surface area contributed by atoms with E-state index in [4.69, 9.17) is 9.47 Å². The largest absolute Gasteiger partial charge is 0.438 e. The summed E-state index contributed by atoms with van der Waals surface area (Å²) in [6.07, 6.45) is 25.0. The molecule has 1 heterocycles. The molecule has 0 aromatic rings. The Bertz CT molecular complexity index is 389. The number of rotatable bonds is 16. The molecular weight excluding hydrogens is 352 g/mol. The summed E-state index contributed by atoms with van der Waals surface area (Å²) in [6.45, 7) is 3.01. The van der Waals surface area contributed by atoms with Gasteiger partial charge in [0, 0.05) is 12.8 Å². The van der Waals surface area contributed by atoms with Crippen molar-refractivity contribution >= 4 is 16.2 Å². The Hall–Kier alpha value is -0.613. The average molecular weight is 397 g/mol. The van der Waals surface area contributed by atoms with Gasteiger partial charge in [-0.15, -0.1) is 0 Å². The van der Waals surface area contributed by atoms with Gasteiger partial charge >= 0.3 is 5.97 Å². The van der Waals surface area contributed by atoms with Crippen molar-refractivity contribution in [2.75, 3.05) is 6.61 Å². The molecular formula is C23H44O3Si. The van der Waals surface area contributed by atoms with Crippen LogP contribution >= 0.6 is 0 Å². The van der Waals surface area contributed by atoms with Gasteiger partial charge in [0.05, 0.1) is 16.8 Å². The fraction of sp³-hybridized carbons (Fsp3) is 0.870. The molecule has 1 aliphatic rings. The average Bonchev–Trinajstić information content (AvgIpc) is 2.65. The van der Waals surface area contributed by atoms with Gasteiger partial charge in [0.15, 0.2) is 5.41 Å². The SMILES string of the molecule is CCCCCCCC/C=C\CCCCCCCC(=O)OC1([SiH3])CCCCO1. The molecule has 0 aliphatic carbocycles. The van der Waals surface area contributed by atoms with E-state index < -0.39 is 5.41 Å². The number of hydrogen-bond donors (Lipinski definition) is 0. The molecule has 3 nitrogen and oxygen atoms in total. The summed E-state index contributed by atoms with van der Waals surface area (Å²) >= 11 is 0. The number of carbonyl (C=O) groups is 1. The van der Waals surface area contributed by atoms with E-state index in [1.54, 1.807) is 0 Å². The molecule has 1 unspecified atom stereocenters. The van der Waals surface area contributed by atoms with E-state index in [-0.39, 0.29) is 5.97 Å². The van der Waals surface area contributed by atoms with Crippen LogP contribution in [0.1, 0.15) is 116 Å². The molecule has 1 aliphatic heterocycles. The second-order valence-corrected chi connectivity index (χ2v) is 9.77. The van der Waals surface area contributed by atoms with E-state index >= 15 is 0 Å². The molecule has 0 bridgehead atoms. The number of ether oxygens (including phenoxy) is 2. The minimum absolute atomic E-state index is 0.0653. The van der Waals surface area contributed by atoms with Crippen LogP contribution < -0.4 is 0 Å². The van der Waals surface area contributed by atoms with Crippen molar-refractivity contribution in [3.05, 3.63) is 12.2 Å². The minimum Gasteiger partial charge on any atom is -0.438 e. The highest BCUT2D eigenvalue weighted by Gasteiger charge is 2.31. The molecule has 0 saturated carbocycles. The molecule has 158 valence electrons. The van der Waals surface area contributed by atoms with Crippen LogP contribution in [0.15, 0.2) is 12.2 Å². The van der Waals surface area contributed by atoms with Gasteiger partial charge in [-0.2, -0.15) is 0 Å². The summed E-state index contributed by atoms with van der Waals surface area (Å²) in [7, 11) is 0.768. The third-order valence-corrected chi connectivity index (χ3v) is 6.40. The summed E-state index contributed by atoms with van der Waals surface area (Å²) in [5, 5.41) is 0. The Morgan fingerprint density at radius 2 is 1.52 bits per heavy atom. The van der Waals surface area contributed by atoms with Gasteiger partial charge in [-0.3, -0.25) is 4.79 Å².